The molecule has 1 spiro atoms. The second kappa shape index (κ2) is 7.88. The Kier molecular flexibility index (Phi) is 5.44. The number of pyridine rings is 1. The van der Waals surface area contributed by atoms with Crippen LogP contribution in [0, 0.1) is 19.3 Å². The third-order valence-electron chi connectivity index (χ3n) is 6.91. The zero-order chi connectivity index (χ0) is 20.6. The Balaban J connectivity index is 1.64. The van der Waals surface area contributed by atoms with Crippen molar-refractivity contribution in [1.29, 1.82) is 0 Å². The average molecular weight is 398 g/mol. The van der Waals surface area contributed by atoms with Crippen molar-refractivity contribution in [3.63, 3.8) is 0 Å². The number of hydrogen-bond acceptors (Lipinski definition) is 7. The highest BCUT2D eigenvalue weighted by Gasteiger charge is 2.43. The van der Waals surface area contributed by atoms with Crippen molar-refractivity contribution in [2.45, 2.75) is 58.6 Å². The van der Waals surface area contributed by atoms with E-state index < -0.39 is 0 Å². The third kappa shape index (κ3) is 3.46. The molecule has 1 saturated carbocycles. The summed E-state index contributed by atoms with van der Waals surface area (Å²) in [7, 11) is 1.61. The highest BCUT2D eigenvalue weighted by Crippen LogP contribution is 2.46. The molecule has 4 rings (SSSR count). The van der Waals surface area contributed by atoms with Gasteiger partial charge in [-0.15, -0.1) is 0 Å². The number of rotatable bonds is 4. The zero-order valence-corrected chi connectivity index (χ0v) is 17.6. The summed E-state index contributed by atoms with van der Waals surface area (Å²) < 4.78 is 5.35. The molecule has 3 heterocycles. The average Bonchev–Trinajstić information content (AvgIpc) is 3.08. The Morgan fingerprint density at radius 1 is 1.24 bits per heavy atom. The van der Waals surface area contributed by atoms with Crippen LogP contribution in [0.1, 0.15) is 49.1 Å². The van der Waals surface area contributed by atoms with Crippen LogP contribution in [-0.4, -0.2) is 46.3 Å². The van der Waals surface area contributed by atoms with Crippen molar-refractivity contribution in [2.24, 2.45) is 11.1 Å². The first kappa shape index (κ1) is 20.0. The van der Waals surface area contributed by atoms with E-state index in [1.165, 1.54) is 12.8 Å². The van der Waals surface area contributed by atoms with Crippen LogP contribution < -0.4 is 15.4 Å². The van der Waals surface area contributed by atoms with Crippen LogP contribution in [-0.2, 0) is 6.61 Å². The van der Waals surface area contributed by atoms with Crippen LogP contribution in [0.15, 0.2) is 12.3 Å². The van der Waals surface area contributed by atoms with E-state index in [0.717, 1.165) is 60.7 Å². The van der Waals surface area contributed by atoms with Crippen LogP contribution >= 0.6 is 0 Å². The number of piperidine rings is 1. The molecule has 0 radical (unpaired) electrons. The predicted octanol–water partition coefficient (Wildman–Crippen LogP) is 2.75. The Morgan fingerprint density at radius 2 is 2.00 bits per heavy atom. The second-order valence-electron chi connectivity index (χ2n) is 8.43. The highest BCUT2D eigenvalue weighted by molar-refractivity contribution is 5.68. The Labute approximate surface area is 172 Å². The molecule has 1 aliphatic carbocycles. The molecule has 2 aromatic rings. The van der Waals surface area contributed by atoms with Gasteiger partial charge in [-0.25, -0.2) is 15.0 Å². The lowest BCUT2D eigenvalue weighted by atomic mass is 9.74. The van der Waals surface area contributed by atoms with E-state index in [2.05, 4.69) is 9.88 Å². The molecule has 1 aliphatic heterocycles. The quantitative estimate of drug-likeness (QED) is 0.819. The number of aliphatic hydroxyl groups excluding tert-OH is 1. The third-order valence-corrected chi connectivity index (χ3v) is 6.91. The van der Waals surface area contributed by atoms with Crippen molar-refractivity contribution in [2.75, 3.05) is 25.1 Å². The number of nitrogens with zero attached hydrogens (tertiary/aromatic N) is 4. The van der Waals surface area contributed by atoms with Crippen molar-refractivity contribution in [3.8, 4) is 17.1 Å². The SMILES string of the molecule is COc1nccc(-c2nc(CO)c(N3CCC4(CCC[C@H]4N)CC3)nc2C)c1C. The second-order valence-corrected chi connectivity index (χ2v) is 8.43. The van der Waals surface area contributed by atoms with E-state index in [9.17, 15) is 5.11 Å². The van der Waals surface area contributed by atoms with Crippen molar-refractivity contribution >= 4 is 5.82 Å². The fraction of sp³-hybridized carbons (Fsp3) is 0.591. The number of anilines is 1. The van der Waals surface area contributed by atoms with Crippen LogP contribution in [0.25, 0.3) is 11.3 Å². The molecular formula is C22H31N5O2. The summed E-state index contributed by atoms with van der Waals surface area (Å²) in [6.07, 6.45) is 7.51. The van der Waals surface area contributed by atoms with Gasteiger partial charge in [-0.1, -0.05) is 6.42 Å². The maximum atomic E-state index is 10.0. The lowest BCUT2D eigenvalue weighted by Gasteiger charge is -2.42. The summed E-state index contributed by atoms with van der Waals surface area (Å²) in [4.78, 5) is 16.2. The van der Waals surface area contributed by atoms with Gasteiger partial charge < -0.3 is 20.5 Å². The van der Waals surface area contributed by atoms with Gasteiger partial charge in [0.15, 0.2) is 5.82 Å². The van der Waals surface area contributed by atoms with Crippen LogP contribution in [0.3, 0.4) is 0 Å². The Hall–Kier alpha value is -2.25. The van der Waals surface area contributed by atoms with Crippen molar-refractivity contribution in [1.82, 2.24) is 15.0 Å². The van der Waals surface area contributed by atoms with E-state index in [1.54, 1.807) is 13.3 Å². The Morgan fingerprint density at radius 3 is 2.62 bits per heavy atom. The number of ether oxygens (including phenoxy) is 1. The van der Waals surface area contributed by atoms with Crippen LogP contribution in [0.2, 0.25) is 0 Å². The van der Waals surface area contributed by atoms with Crippen molar-refractivity contribution < 1.29 is 9.84 Å². The topological polar surface area (TPSA) is 97.4 Å². The molecule has 2 fully saturated rings. The van der Waals surface area contributed by atoms with Gasteiger partial charge in [-0.2, -0.15) is 0 Å². The van der Waals surface area contributed by atoms with Gasteiger partial charge in [0.1, 0.15) is 5.69 Å². The van der Waals surface area contributed by atoms with E-state index in [-0.39, 0.29) is 6.61 Å². The zero-order valence-electron chi connectivity index (χ0n) is 17.6. The van der Waals surface area contributed by atoms with E-state index in [0.29, 0.717) is 23.0 Å². The van der Waals surface area contributed by atoms with E-state index in [1.807, 2.05) is 19.9 Å². The molecule has 0 unspecified atom stereocenters. The van der Waals surface area contributed by atoms with E-state index in [4.69, 9.17) is 20.4 Å². The monoisotopic (exact) mass is 397 g/mol. The lowest BCUT2D eigenvalue weighted by molar-refractivity contribution is 0.196. The first-order valence-electron chi connectivity index (χ1n) is 10.5. The van der Waals surface area contributed by atoms with Gasteiger partial charge in [0, 0.05) is 36.5 Å². The number of methoxy groups -OCH3 is 1. The molecule has 2 aliphatic rings. The van der Waals surface area contributed by atoms with Gasteiger partial charge in [0.05, 0.1) is 25.1 Å². The maximum Gasteiger partial charge on any atom is 0.216 e. The van der Waals surface area contributed by atoms with Gasteiger partial charge in [0.2, 0.25) is 5.88 Å². The van der Waals surface area contributed by atoms with Crippen LogP contribution in [0.4, 0.5) is 5.82 Å². The summed E-state index contributed by atoms with van der Waals surface area (Å²) in [5, 5.41) is 10.0. The molecule has 2 aromatic heterocycles. The smallest absolute Gasteiger partial charge is 0.216 e. The number of aryl methyl sites for hydroxylation is 1. The van der Waals surface area contributed by atoms with Crippen molar-refractivity contribution in [3.05, 3.63) is 29.2 Å². The summed E-state index contributed by atoms with van der Waals surface area (Å²) in [5.41, 5.74) is 10.8. The van der Waals surface area contributed by atoms with E-state index >= 15 is 0 Å². The van der Waals surface area contributed by atoms with Gasteiger partial charge >= 0.3 is 0 Å². The molecule has 156 valence electrons. The fourth-order valence-corrected chi connectivity index (χ4v) is 5.09. The molecular weight excluding hydrogens is 366 g/mol. The standard InChI is InChI=1S/C22H31N5O2/c1-14-16(6-10-24-21(14)29-3)19-15(2)25-20(17(13-28)26-19)27-11-8-22(9-12-27)7-4-5-18(22)23/h6,10,18,28H,4-5,7-9,11-13,23H2,1-3H3/t18-/m1/s1. The number of aromatic nitrogens is 3. The fourth-order valence-electron chi connectivity index (χ4n) is 5.09. The molecule has 0 aromatic carbocycles. The molecule has 0 amide bonds. The molecule has 1 saturated heterocycles. The van der Waals surface area contributed by atoms with Crippen LogP contribution in [0.5, 0.6) is 5.88 Å². The molecule has 3 N–H and O–H groups in total. The summed E-state index contributed by atoms with van der Waals surface area (Å²) in [5.74, 6) is 1.38. The van der Waals surface area contributed by atoms with Gasteiger partial charge in [-0.05, 0) is 51.0 Å². The molecule has 29 heavy (non-hydrogen) atoms. The summed E-state index contributed by atoms with van der Waals surface area (Å²) >= 11 is 0. The number of aliphatic hydroxyl groups is 1. The summed E-state index contributed by atoms with van der Waals surface area (Å²) in [6, 6.07) is 2.24. The Bertz CT molecular complexity index is 893. The first-order chi connectivity index (χ1) is 14.0. The first-order valence-corrected chi connectivity index (χ1v) is 10.5. The highest BCUT2D eigenvalue weighted by atomic mass is 16.5. The maximum absolute atomic E-state index is 10.0. The molecule has 7 heteroatoms. The number of nitrogens with two attached hydrogens (primary N) is 1. The minimum atomic E-state index is -0.141. The molecule has 1 atom stereocenters. The lowest BCUT2D eigenvalue weighted by Crippen LogP contribution is -2.47. The minimum Gasteiger partial charge on any atom is -0.481 e. The van der Waals surface area contributed by atoms with Gasteiger partial charge in [0.25, 0.3) is 0 Å². The molecule has 0 bridgehead atoms. The largest absolute Gasteiger partial charge is 0.481 e. The molecule has 7 nitrogen and oxygen atoms in total. The minimum absolute atomic E-state index is 0.141. The summed E-state index contributed by atoms with van der Waals surface area (Å²) in [6.45, 7) is 5.62. The predicted molar refractivity (Wildman–Crippen MR) is 113 cm³/mol. The number of hydrogen-bond donors (Lipinski definition) is 2. The van der Waals surface area contributed by atoms with Gasteiger partial charge in [-0.3, -0.25) is 0 Å². The normalized spacial score (nSPS) is 21.0.